The predicted octanol–water partition coefficient (Wildman–Crippen LogP) is 4.83. The van der Waals surface area contributed by atoms with E-state index in [9.17, 15) is 4.79 Å². The molecule has 1 aromatic heterocycles. The minimum atomic E-state index is -0.0272. The zero-order chi connectivity index (χ0) is 19.3. The van der Waals surface area contributed by atoms with Gasteiger partial charge in [0.1, 0.15) is 0 Å². The van der Waals surface area contributed by atoms with Crippen molar-refractivity contribution in [3.8, 4) is 0 Å². The van der Waals surface area contributed by atoms with Gasteiger partial charge >= 0.3 is 0 Å². The molecule has 0 unspecified atom stereocenters. The molecular weight excluding hydrogens is 370 g/mol. The van der Waals surface area contributed by atoms with E-state index in [1.807, 2.05) is 42.6 Å². The van der Waals surface area contributed by atoms with Crippen LogP contribution in [0.3, 0.4) is 0 Å². The number of H-pyrrole nitrogens is 1. The number of hydrogen-bond acceptors (Lipinski definition) is 2. The van der Waals surface area contributed by atoms with Gasteiger partial charge in [0.25, 0.3) is 5.91 Å². The molecule has 5 heteroatoms. The van der Waals surface area contributed by atoms with Crippen LogP contribution in [-0.4, -0.2) is 23.5 Å². The van der Waals surface area contributed by atoms with E-state index in [0.717, 1.165) is 40.0 Å². The molecule has 0 radical (unpaired) electrons. The van der Waals surface area contributed by atoms with Crippen LogP contribution in [-0.2, 0) is 13.0 Å². The summed E-state index contributed by atoms with van der Waals surface area (Å²) in [6.45, 7) is 1.41. The minimum absolute atomic E-state index is 0.0272. The molecule has 2 aromatic carbocycles. The summed E-state index contributed by atoms with van der Waals surface area (Å²) in [4.78, 5) is 15.8. The van der Waals surface area contributed by atoms with Gasteiger partial charge in [-0.15, -0.1) is 0 Å². The lowest BCUT2D eigenvalue weighted by Gasteiger charge is -2.12. The molecule has 0 spiro atoms. The van der Waals surface area contributed by atoms with Crippen molar-refractivity contribution in [1.82, 2.24) is 15.6 Å². The maximum atomic E-state index is 12.5. The van der Waals surface area contributed by atoms with Crippen LogP contribution in [0.1, 0.15) is 47.2 Å². The second kappa shape index (κ2) is 8.80. The lowest BCUT2D eigenvalue weighted by Crippen LogP contribution is -2.27. The maximum absolute atomic E-state index is 12.5. The van der Waals surface area contributed by atoms with Crippen LogP contribution in [0.2, 0.25) is 5.02 Å². The Bertz CT molecular complexity index is 959. The Morgan fingerprint density at radius 2 is 2.00 bits per heavy atom. The second-order valence-electron chi connectivity index (χ2n) is 7.57. The average Bonchev–Trinajstić information content (AvgIpc) is 3.36. The van der Waals surface area contributed by atoms with Crippen molar-refractivity contribution in [2.45, 2.75) is 44.7 Å². The summed E-state index contributed by atoms with van der Waals surface area (Å²) < 4.78 is 0. The van der Waals surface area contributed by atoms with Crippen molar-refractivity contribution < 1.29 is 4.79 Å². The van der Waals surface area contributed by atoms with Gasteiger partial charge in [-0.2, -0.15) is 0 Å². The van der Waals surface area contributed by atoms with Crippen LogP contribution >= 0.6 is 11.6 Å². The van der Waals surface area contributed by atoms with Gasteiger partial charge in [0.2, 0.25) is 0 Å². The molecule has 4 nitrogen and oxygen atoms in total. The summed E-state index contributed by atoms with van der Waals surface area (Å²) in [6.07, 6.45) is 7.92. The molecule has 0 saturated heterocycles. The van der Waals surface area contributed by atoms with E-state index in [1.54, 1.807) is 0 Å². The minimum Gasteiger partial charge on any atom is -0.361 e. The highest BCUT2D eigenvalue weighted by atomic mass is 35.5. The average molecular weight is 396 g/mol. The van der Waals surface area contributed by atoms with Crippen LogP contribution in [0.5, 0.6) is 0 Å². The first-order chi connectivity index (χ1) is 13.7. The number of benzene rings is 2. The van der Waals surface area contributed by atoms with Gasteiger partial charge in [0, 0.05) is 46.8 Å². The molecule has 4 rings (SSSR count). The van der Waals surface area contributed by atoms with Gasteiger partial charge in [-0.1, -0.05) is 36.6 Å². The van der Waals surface area contributed by atoms with Gasteiger partial charge < -0.3 is 15.6 Å². The van der Waals surface area contributed by atoms with E-state index in [4.69, 9.17) is 11.6 Å². The molecule has 1 fully saturated rings. The van der Waals surface area contributed by atoms with Crippen molar-refractivity contribution in [2.75, 3.05) is 6.54 Å². The maximum Gasteiger partial charge on any atom is 0.251 e. The molecule has 1 aliphatic rings. The van der Waals surface area contributed by atoms with Crippen molar-refractivity contribution >= 4 is 28.4 Å². The SMILES string of the molecule is O=C(NCCc1c[nH]c2ccc(Cl)cc12)c1cccc(CNC2CCCC2)c1. The number of carbonyl (C=O) groups is 1. The second-order valence-corrected chi connectivity index (χ2v) is 8.01. The van der Waals surface area contributed by atoms with E-state index in [2.05, 4.69) is 21.7 Å². The highest BCUT2D eigenvalue weighted by molar-refractivity contribution is 6.31. The molecule has 1 heterocycles. The van der Waals surface area contributed by atoms with Crippen molar-refractivity contribution in [3.63, 3.8) is 0 Å². The number of aromatic nitrogens is 1. The summed E-state index contributed by atoms with van der Waals surface area (Å²) in [5, 5.41) is 8.47. The van der Waals surface area contributed by atoms with Crippen LogP contribution in [0, 0.1) is 0 Å². The number of rotatable bonds is 7. The fourth-order valence-corrected chi connectivity index (χ4v) is 4.16. The quantitative estimate of drug-likeness (QED) is 0.536. The highest BCUT2D eigenvalue weighted by Crippen LogP contribution is 2.22. The summed E-state index contributed by atoms with van der Waals surface area (Å²) in [6, 6.07) is 14.3. The third-order valence-corrected chi connectivity index (χ3v) is 5.78. The zero-order valence-corrected chi connectivity index (χ0v) is 16.7. The molecule has 0 bridgehead atoms. The Morgan fingerprint density at radius 1 is 1.14 bits per heavy atom. The highest BCUT2D eigenvalue weighted by Gasteiger charge is 2.14. The van der Waals surface area contributed by atoms with Gasteiger partial charge in [-0.25, -0.2) is 0 Å². The monoisotopic (exact) mass is 395 g/mol. The summed E-state index contributed by atoms with van der Waals surface area (Å²) in [7, 11) is 0. The van der Waals surface area contributed by atoms with E-state index in [0.29, 0.717) is 18.2 Å². The summed E-state index contributed by atoms with van der Waals surface area (Å²) in [5.74, 6) is -0.0272. The van der Waals surface area contributed by atoms with Crippen LogP contribution in [0.25, 0.3) is 10.9 Å². The number of fused-ring (bicyclic) bond motifs is 1. The van der Waals surface area contributed by atoms with E-state index >= 15 is 0 Å². The van der Waals surface area contributed by atoms with E-state index < -0.39 is 0 Å². The lowest BCUT2D eigenvalue weighted by molar-refractivity contribution is 0.0954. The zero-order valence-electron chi connectivity index (χ0n) is 15.9. The fraction of sp³-hybridized carbons (Fsp3) is 0.348. The van der Waals surface area contributed by atoms with Crippen molar-refractivity contribution in [2.24, 2.45) is 0 Å². The smallest absolute Gasteiger partial charge is 0.251 e. The number of hydrogen-bond donors (Lipinski definition) is 3. The van der Waals surface area contributed by atoms with Crippen molar-refractivity contribution in [3.05, 3.63) is 70.4 Å². The Balaban J connectivity index is 1.31. The van der Waals surface area contributed by atoms with Crippen molar-refractivity contribution in [1.29, 1.82) is 0 Å². The molecule has 1 saturated carbocycles. The number of nitrogens with one attached hydrogen (secondary N) is 3. The molecule has 3 aromatic rings. The molecule has 28 heavy (non-hydrogen) atoms. The molecule has 1 amide bonds. The van der Waals surface area contributed by atoms with Crippen LogP contribution in [0.15, 0.2) is 48.7 Å². The largest absolute Gasteiger partial charge is 0.361 e. The standard InChI is InChI=1S/C23H26ClN3O/c24-19-8-9-22-21(13-19)18(15-27-22)10-11-25-23(28)17-5-3-4-16(12-17)14-26-20-6-1-2-7-20/h3-5,8-9,12-13,15,20,26-27H,1-2,6-7,10-11,14H2,(H,25,28). The topological polar surface area (TPSA) is 56.9 Å². The molecule has 1 aliphatic carbocycles. The number of aromatic amines is 1. The normalized spacial score (nSPS) is 14.6. The van der Waals surface area contributed by atoms with Crippen LogP contribution < -0.4 is 10.6 Å². The Labute approximate surface area is 170 Å². The van der Waals surface area contributed by atoms with Crippen LogP contribution in [0.4, 0.5) is 0 Å². The first-order valence-electron chi connectivity index (χ1n) is 10.0. The first kappa shape index (κ1) is 19.0. The number of carbonyl (C=O) groups excluding carboxylic acids is 1. The van der Waals surface area contributed by atoms with E-state index in [1.165, 1.54) is 25.7 Å². The fourth-order valence-electron chi connectivity index (χ4n) is 3.98. The third-order valence-electron chi connectivity index (χ3n) is 5.55. The first-order valence-corrected chi connectivity index (χ1v) is 10.4. The van der Waals surface area contributed by atoms with Gasteiger partial charge in [0.05, 0.1) is 0 Å². The summed E-state index contributed by atoms with van der Waals surface area (Å²) in [5.41, 5.74) is 4.10. The number of amides is 1. The lowest BCUT2D eigenvalue weighted by atomic mass is 10.1. The van der Waals surface area contributed by atoms with Gasteiger partial charge in [-0.3, -0.25) is 4.79 Å². The predicted molar refractivity (Wildman–Crippen MR) is 115 cm³/mol. The van der Waals surface area contributed by atoms with Gasteiger partial charge in [0.15, 0.2) is 0 Å². The molecule has 0 atom stereocenters. The van der Waals surface area contributed by atoms with Gasteiger partial charge in [-0.05, 0) is 60.7 Å². The molecular formula is C23H26ClN3O. The molecule has 146 valence electrons. The van der Waals surface area contributed by atoms with E-state index in [-0.39, 0.29) is 5.91 Å². The Kier molecular flexibility index (Phi) is 5.98. The molecule has 3 N–H and O–H groups in total. The summed E-state index contributed by atoms with van der Waals surface area (Å²) >= 11 is 6.11. The Morgan fingerprint density at radius 3 is 2.86 bits per heavy atom. The molecule has 0 aliphatic heterocycles. The number of halogens is 1. The third kappa shape index (κ3) is 4.57. The Hall–Kier alpha value is -2.30.